The Bertz CT molecular complexity index is 367. The topological polar surface area (TPSA) is 73.8 Å². The van der Waals surface area contributed by atoms with Gasteiger partial charge in [-0.2, -0.15) is 5.10 Å². The summed E-state index contributed by atoms with van der Waals surface area (Å²) in [5.74, 6) is 0.246. The van der Waals surface area contributed by atoms with Crippen molar-refractivity contribution in [3.63, 3.8) is 0 Å². The first-order valence-corrected chi connectivity index (χ1v) is 6.47. The molecule has 0 radical (unpaired) electrons. The molecule has 0 bridgehead atoms. The highest BCUT2D eigenvalue weighted by Crippen LogP contribution is 2.13. The van der Waals surface area contributed by atoms with Gasteiger partial charge in [-0.25, -0.2) is 5.43 Å². The second-order valence-electron chi connectivity index (χ2n) is 5.07. The minimum Gasteiger partial charge on any atom is -0.351 e. The summed E-state index contributed by atoms with van der Waals surface area (Å²) in [5, 5.41) is 6.69. The highest BCUT2D eigenvalue weighted by atomic mass is 16.2. The third kappa shape index (κ3) is 3.53. The van der Waals surface area contributed by atoms with Gasteiger partial charge in [0.05, 0.1) is 0 Å². The van der Waals surface area contributed by atoms with Crippen molar-refractivity contribution < 1.29 is 9.59 Å². The fraction of sp³-hybridized carbons (Fsp3) is 0.750. The molecule has 0 aliphatic carbocycles. The van der Waals surface area contributed by atoms with Crippen LogP contribution >= 0.6 is 0 Å². The first-order valence-electron chi connectivity index (χ1n) is 6.47. The van der Waals surface area contributed by atoms with E-state index in [-0.39, 0.29) is 11.8 Å². The van der Waals surface area contributed by atoms with E-state index in [0.717, 1.165) is 19.5 Å². The van der Waals surface area contributed by atoms with E-state index in [1.165, 1.54) is 6.42 Å². The first-order chi connectivity index (χ1) is 8.65. The molecule has 1 saturated heterocycles. The van der Waals surface area contributed by atoms with E-state index in [4.69, 9.17) is 0 Å². The lowest BCUT2D eigenvalue weighted by atomic mass is 9.98. The number of hydrogen-bond acceptors (Lipinski definition) is 4. The summed E-state index contributed by atoms with van der Waals surface area (Å²) in [4.78, 5) is 25.0. The molecule has 2 N–H and O–H groups in total. The zero-order valence-electron chi connectivity index (χ0n) is 10.7. The second-order valence-corrected chi connectivity index (χ2v) is 5.07. The maximum atomic E-state index is 11.8. The average molecular weight is 252 g/mol. The molecule has 2 amide bonds. The van der Waals surface area contributed by atoms with Crippen LogP contribution in [0.1, 0.15) is 25.7 Å². The van der Waals surface area contributed by atoms with Gasteiger partial charge in [0.15, 0.2) is 0 Å². The average Bonchev–Trinajstić information content (AvgIpc) is 2.37. The molecule has 0 aromatic carbocycles. The van der Waals surface area contributed by atoms with Crippen molar-refractivity contribution in [3.8, 4) is 0 Å². The first kappa shape index (κ1) is 13.0. The zero-order chi connectivity index (χ0) is 13.0. The minimum absolute atomic E-state index is 0.125. The molecule has 0 spiro atoms. The molecule has 1 atom stereocenters. The summed E-state index contributed by atoms with van der Waals surface area (Å²) in [6.07, 6.45) is 3.13. The molecular weight excluding hydrogens is 232 g/mol. The molecule has 1 unspecified atom stereocenters. The van der Waals surface area contributed by atoms with E-state index in [0.29, 0.717) is 31.0 Å². The van der Waals surface area contributed by atoms with Crippen molar-refractivity contribution >= 4 is 17.5 Å². The largest absolute Gasteiger partial charge is 0.351 e. The van der Waals surface area contributed by atoms with Gasteiger partial charge in [-0.15, -0.1) is 0 Å². The Morgan fingerprint density at radius 2 is 2.39 bits per heavy atom. The molecule has 6 nitrogen and oxygen atoms in total. The van der Waals surface area contributed by atoms with Gasteiger partial charge in [-0.05, 0) is 32.4 Å². The Balaban J connectivity index is 1.76. The third-order valence-corrected chi connectivity index (χ3v) is 3.44. The van der Waals surface area contributed by atoms with Crippen LogP contribution in [0, 0.1) is 5.92 Å². The molecule has 0 aromatic heterocycles. The van der Waals surface area contributed by atoms with Crippen LogP contribution in [-0.4, -0.2) is 49.1 Å². The zero-order valence-corrected chi connectivity index (χ0v) is 10.7. The van der Waals surface area contributed by atoms with E-state index in [1.54, 1.807) is 0 Å². The van der Waals surface area contributed by atoms with Gasteiger partial charge in [0.1, 0.15) is 5.71 Å². The van der Waals surface area contributed by atoms with Crippen LogP contribution in [0.4, 0.5) is 0 Å². The molecular formula is C12H20N4O2. The predicted octanol–water partition coefficient (Wildman–Crippen LogP) is -0.290. The third-order valence-electron chi connectivity index (χ3n) is 3.44. The Morgan fingerprint density at radius 3 is 3.06 bits per heavy atom. The van der Waals surface area contributed by atoms with E-state index < -0.39 is 0 Å². The SMILES string of the molecule is CN1CCCC(CNC(=O)C2=NNC(=O)CC2)C1. The van der Waals surface area contributed by atoms with Crippen molar-refractivity contribution in [2.24, 2.45) is 11.0 Å². The Labute approximate surface area is 107 Å². The summed E-state index contributed by atoms with van der Waals surface area (Å²) < 4.78 is 0. The predicted molar refractivity (Wildman–Crippen MR) is 68.0 cm³/mol. The number of carbonyl (C=O) groups excluding carboxylic acids is 2. The van der Waals surface area contributed by atoms with E-state index >= 15 is 0 Å². The smallest absolute Gasteiger partial charge is 0.267 e. The number of piperidine rings is 1. The lowest BCUT2D eigenvalue weighted by Gasteiger charge is -2.29. The monoisotopic (exact) mass is 252 g/mol. The fourth-order valence-electron chi connectivity index (χ4n) is 2.42. The molecule has 0 aromatic rings. The quantitative estimate of drug-likeness (QED) is 0.725. The number of nitrogens with zero attached hydrogens (tertiary/aromatic N) is 2. The van der Waals surface area contributed by atoms with Gasteiger partial charge in [0, 0.05) is 25.9 Å². The summed E-state index contributed by atoms with van der Waals surface area (Å²) in [6, 6.07) is 0. The molecule has 6 heteroatoms. The summed E-state index contributed by atoms with van der Waals surface area (Å²) in [6.45, 7) is 2.86. The van der Waals surface area contributed by atoms with Crippen LogP contribution < -0.4 is 10.7 Å². The van der Waals surface area contributed by atoms with E-state index in [9.17, 15) is 9.59 Å². The molecule has 100 valence electrons. The maximum absolute atomic E-state index is 11.8. The highest BCUT2D eigenvalue weighted by molar-refractivity contribution is 6.39. The number of carbonyl (C=O) groups is 2. The number of rotatable bonds is 3. The van der Waals surface area contributed by atoms with E-state index in [2.05, 4.69) is 27.8 Å². The summed E-state index contributed by atoms with van der Waals surface area (Å²) >= 11 is 0. The number of amides is 2. The molecule has 2 aliphatic rings. The van der Waals surface area contributed by atoms with Crippen LogP contribution in [-0.2, 0) is 9.59 Å². The Hall–Kier alpha value is -1.43. The van der Waals surface area contributed by atoms with Crippen molar-refractivity contribution in [2.75, 3.05) is 26.7 Å². The van der Waals surface area contributed by atoms with Crippen LogP contribution in [0.2, 0.25) is 0 Å². The molecule has 2 aliphatic heterocycles. The lowest BCUT2D eigenvalue weighted by Crippen LogP contribution is -2.42. The summed E-state index contributed by atoms with van der Waals surface area (Å²) in [7, 11) is 2.11. The summed E-state index contributed by atoms with van der Waals surface area (Å²) in [5.41, 5.74) is 2.77. The normalized spacial score (nSPS) is 25.3. The number of hydrogen-bond donors (Lipinski definition) is 2. The minimum atomic E-state index is -0.150. The van der Waals surface area contributed by atoms with Gasteiger partial charge in [-0.3, -0.25) is 9.59 Å². The van der Waals surface area contributed by atoms with Crippen LogP contribution in [0.5, 0.6) is 0 Å². The molecule has 1 fully saturated rings. The van der Waals surface area contributed by atoms with Crippen molar-refractivity contribution in [2.45, 2.75) is 25.7 Å². The second kappa shape index (κ2) is 5.95. The molecule has 0 saturated carbocycles. The lowest BCUT2D eigenvalue weighted by molar-refractivity contribution is -0.121. The number of hydrazone groups is 1. The van der Waals surface area contributed by atoms with Crippen LogP contribution in [0.3, 0.4) is 0 Å². The number of likely N-dealkylation sites (tertiary alicyclic amines) is 1. The Morgan fingerprint density at radius 1 is 1.56 bits per heavy atom. The standard InChI is InChI=1S/C12H20N4O2/c1-16-6-2-3-9(8-16)7-13-12(18)10-4-5-11(17)15-14-10/h9H,2-8H2,1H3,(H,13,18)(H,15,17). The van der Waals surface area contributed by atoms with Gasteiger partial charge >= 0.3 is 0 Å². The molecule has 2 rings (SSSR count). The van der Waals surface area contributed by atoms with Gasteiger partial charge in [0.25, 0.3) is 5.91 Å². The van der Waals surface area contributed by atoms with Gasteiger partial charge in [-0.1, -0.05) is 0 Å². The van der Waals surface area contributed by atoms with E-state index in [1.807, 2.05) is 0 Å². The highest BCUT2D eigenvalue weighted by Gasteiger charge is 2.21. The van der Waals surface area contributed by atoms with Crippen molar-refractivity contribution in [1.29, 1.82) is 0 Å². The molecule has 18 heavy (non-hydrogen) atoms. The maximum Gasteiger partial charge on any atom is 0.267 e. The van der Waals surface area contributed by atoms with Crippen LogP contribution in [0.15, 0.2) is 5.10 Å². The van der Waals surface area contributed by atoms with Crippen molar-refractivity contribution in [3.05, 3.63) is 0 Å². The number of nitrogens with one attached hydrogen (secondary N) is 2. The molecule has 2 heterocycles. The van der Waals surface area contributed by atoms with Gasteiger partial charge in [0.2, 0.25) is 5.91 Å². The van der Waals surface area contributed by atoms with Crippen LogP contribution in [0.25, 0.3) is 0 Å². The Kier molecular flexibility index (Phi) is 4.30. The fourth-order valence-corrected chi connectivity index (χ4v) is 2.42. The van der Waals surface area contributed by atoms with Crippen molar-refractivity contribution in [1.82, 2.24) is 15.6 Å². The van der Waals surface area contributed by atoms with Gasteiger partial charge < -0.3 is 10.2 Å².